The van der Waals surface area contributed by atoms with E-state index in [9.17, 15) is 14.4 Å². The first-order valence-corrected chi connectivity index (χ1v) is 6.75. The molecule has 114 valence electrons. The van der Waals surface area contributed by atoms with Gasteiger partial charge in [-0.05, 0) is 30.9 Å². The lowest BCUT2D eigenvalue weighted by Crippen LogP contribution is -2.41. The number of nitrogens with one attached hydrogen (secondary N) is 1. The Morgan fingerprint density at radius 2 is 1.90 bits per heavy atom. The molecule has 1 unspecified atom stereocenters. The number of carboxylic acid groups (broad SMARTS) is 1. The van der Waals surface area contributed by atoms with Crippen molar-refractivity contribution >= 4 is 17.8 Å². The molecule has 6 nitrogen and oxygen atoms in total. The minimum atomic E-state index is -1.17. The lowest BCUT2D eigenvalue weighted by atomic mass is 10.0. The van der Waals surface area contributed by atoms with E-state index in [1.807, 2.05) is 31.2 Å². The molecule has 21 heavy (non-hydrogen) atoms. The van der Waals surface area contributed by atoms with Gasteiger partial charge < -0.3 is 16.2 Å². The molecule has 1 aromatic carbocycles. The molecule has 0 fully saturated rings. The van der Waals surface area contributed by atoms with E-state index in [4.69, 9.17) is 10.8 Å². The molecule has 1 rings (SSSR count). The molecule has 4 N–H and O–H groups in total. The maximum Gasteiger partial charge on any atom is 0.326 e. The second-order valence-corrected chi connectivity index (χ2v) is 4.89. The van der Waals surface area contributed by atoms with Crippen molar-refractivity contribution in [1.82, 2.24) is 5.32 Å². The Labute approximate surface area is 123 Å². The molecule has 1 atom stereocenters. The predicted octanol–water partition coefficient (Wildman–Crippen LogP) is 0.763. The van der Waals surface area contributed by atoms with Crippen LogP contribution in [0.25, 0.3) is 0 Å². The summed E-state index contributed by atoms with van der Waals surface area (Å²) in [5.41, 5.74) is 7.12. The van der Waals surface area contributed by atoms with E-state index >= 15 is 0 Å². The third-order valence-corrected chi connectivity index (χ3v) is 3.20. The number of benzene rings is 1. The first-order chi connectivity index (χ1) is 9.90. The summed E-state index contributed by atoms with van der Waals surface area (Å²) in [7, 11) is 0. The zero-order valence-electron chi connectivity index (χ0n) is 12.0. The van der Waals surface area contributed by atoms with E-state index in [0.717, 1.165) is 11.1 Å². The maximum atomic E-state index is 11.8. The van der Waals surface area contributed by atoms with Gasteiger partial charge in [0, 0.05) is 12.8 Å². The standard InChI is InChI=1S/C15H20N2O4/c1-10-4-2-3-5-11(10)6-9-14(19)17-12(15(20)21)7-8-13(16)18/h2-5,12H,6-9H2,1H3,(H2,16,18)(H,17,19)(H,20,21). The number of nitrogens with two attached hydrogens (primary N) is 1. The van der Waals surface area contributed by atoms with Gasteiger partial charge in [0.1, 0.15) is 6.04 Å². The van der Waals surface area contributed by atoms with Gasteiger partial charge in [-0.3, -0.25) is 9.59 Å². The van der Waals surface area contributed by atoms with Crippen LogP contribution in [0.15, 0.2) is 24.3 Å². The van der Waals surface area contributed by atoms with Gasteiger partial charge in [0.15, 0.2) is 0 Å². The molecule has 0 aliphatic carbocycles. The smallest absolute Gasteiger partial charge is 0.326 e. The third-order valence-electron chi connectivity index (χ3n) is 3.20. The second kappa shape index (κ2) is 8.04. The van der Waals surface area contributed by atoms with Crippen LogP contribution >= 0.6 is 0 Å². The highest BCUT2D eigenvalue weighted by molar-refractivity contribution is 5.84. The summed E-state index contributed by atoms with van der Waals surface area (Å²) in [4.78, 5) is 33.5. The van der Waals surface area contributed by atoms with Crippen LogP contribution in [0.2, 0.25) is 0 Å². The van der Waals surface area contributed by atoms with Crippen LogP contribution < -0.4 is 11.1 Å². The van der Waals surface area contributed by atoms with E-state index in [2.05, 4.69) is 5.32 Å². The topological polar surface area (TPSA) is 109 Å². The molecule has 0 radical (unpaired) electrons. The lowest BCUT2D eigenvalue weighted by molar-refractivity contribution is -0.142. The maximum absolute atomic E-state index is 11.8. The van der Waals surface area contributed by atoms with Crippen molar-refractivity contribution in [3.63, 3.8) is 0 Å². The van der Waals surface area contributed by atoms with E-state index < -0.39 is 17.9 Å². The monoisotopic (exact) mass is 292 g/mol. The number of carbonyl (C=O) groups excluding carboxylic acids is 2. The van der Waals surface area contributed by atoms with Crippen LogP contribution in [-0.4, -0.2) is 28.9 Å². The highest BCUT2D eigenvalue weighted by atomic mass is 16.4. The molecule has 0 aromatic heterocycles. The summed E-state index contributed by atoms with van der Waals surface area (Å²) >= 11 is 0. The molecule has 0 aliphatic heterocycles. The molecule has 2 amide bonds. The quantitative estimate of drug-likeness (QED) is 0.657. The summed E-state index contributed by atoms with van der Waals surface area (Å²) in [6.07, 6.45) is 0.668. The van der Waals surface area contributed by atoms with Crippen molar-refractivity contribution in [1.29, 1.82) is 0 Å². The van der Waals surface area contributed by atoms with Gasteiger partial charge in [0.25, 0.3) is 0 Å². The molecule has 0 aliphatic rings. The Morgan fingerprint density at radius 3 is 2.48 bits per heavy atom. The van der Waals surface area contributed by atoms with Crippen molar-refractivity contribution in [2.75, 3.05) is 0 Å². The van der Waals surface area contributed by atoms with Gasteiger partial charge in [0.05, 0.1) is 0 Å². The number of amides is 2. The molecule has 0 spiro atoms. The Balaban J connectivity index is 2.49. The summed E-state index contributed by atoms with van der Waals surface area (Å²) in [5.74, 6) is -2.11. The first kappa shape index (κ1) is 16.7. The Hall–Kier alpha value is -2.37. The van der Waals surface area contributed by atoms with Crippen molar-refractivity contribution in [2.45, 2.75) is 38.6 Å². The van der Waals surface area contributed by atoms with E-state index in [1.165, 1.54) is 0 Å². The highest BCUT2D eigenvalue weighted by Gasteiger charge is 2.20. The van der Waals surface area contributed by atoms with Crippen LogP contribution in [-0.2, 0) is 20.8 Å². The number of carboxylic acids is 1. The number of aliphatic carboxylic acids is 1. The molecule has 1 aromatic rings. The predicted molar refractivity (Wildman–Crippen MR) is 77.5 cm³/mol. The van der Waals surface area contributed by atoms with Crippen molar-refractivity contribution < 1.29 is 19.5 Å². The zero-order chi connectivity index (χ0) is 15.8. The zero-order valence-corrected chi connectivity index (χ0v) is 12.0. The van der Waals surface area contributed by atoms with Gasteiger partial charge in [0.2, 0.25) is 11.8 Å². The van der Waals surface area contributed by atoms with Crippen molar-refractivity contribution in [3.05, 3.63) is 35.4 Å². The number of carbonyl (C=O) groups is 3. The van der Waals surface area contributed by atoms with Gasteiger partial charge in [-0.2, -0.15) is 0 Å². The lowest BCUT2D eigenvalue weighted by Gasteiger charge is -2.14. The number of primary amides is 1. The fourth-order valence-corrected chi connectivity index (χ4v) is 1.95. The fraction of sp³-hybridized carbons (Fsp3) is 0.400. The first-order valence-electron chi connectivity index (χ1n) is 6.75. The Bertz CT molecular complexity index is 528. The van der Waals surface area contributed by atoms with Crippen LogP contribution in [0.1, 0.15) is 30.4 Å². The summed E-state index contributed by atoms with van der Waals surface area (Å²) in [6, 6.07) is 6.63. The summed E-state index contributed by atoms with van der Waals surface area (Å²) in [5, 5.41) is 11.4. The van der Waals surface area contributed by atoms with E-state index in [1.54, 1.807) is 0 Å². The van der Waals surface area contributed by atoms with E-state index in [0.29, 0.717) is 6.42 Å². The molecule has 0 heterocycles. The molecular weight excluding hydrogens is 272 g/mol. The SMILES string of the molecule is Cc1ccccc1CCC(=O)NC(CCC(N)=O)C(=O)O. The minimum Gasteiger partial charge on any atom is -0.480 e. The highest BCUT2D eigenvalue weighted by Crippen LogP contribution is 2.09. The Kier molecular flexibility index (Phi) is 6.39. The van der Waals surface area contributed by atoms with Crippen molar-refractivity contribution in [3.8, 4) is 0 Å². The molecular formula is C15H20N2O4. The van der Waals surface area contributed by atoms with Crippen LogP contribution in [0.5, 0.6) is 0 Å². The van der Waals surface area contributed by atoms with Crippen molar-refractivity contribution in [2.24, 2.45) is 5.73 Å². The average molecular weight is 292 g/mol. The normalized spacial score (nSPS) is 11.7. The van der Waals surface area contributed by atoms with Crippen LogP contribution in [0.3, 0.4) is 0 Å². The summed E-state index contributed by atoms with van der Waals surface area (Å²) in [6.45, 7) is 1.96. The number of hydrogen-bond acceptors (Lipinski definition) is 3. The minimum absolute atomic E-state index is 0.000765. The third kappa shape index (κ3) is 6.07. The summed E-state index contributed by atoms with van der Waals surface area (Å²) < 4.78 is 0. The fourth-order valence-electron chi connectivity index (χ4n) is 1.95. The molecule has 0 saturated carbocycles. The Morgan fingerprint density at radius 1 is 1.24 bits per heavy atom. The number of aryl methyl sites for hydroxylation is 2. The van der Waals surface area contributed by atoms with Gasteiger partial charge in [-0.15, -0.1) is 0 Å². The largest absolute Gasteiger partial charge is 0.480 e. The van der Waals surface area contributed by atoms with Crippen LogP contribution in [0, 0.1) is 6.92 Å². The molecule has 6 heteroatoms. The number of hydrogen-bond donors (Lipinski definition) is 3. The van der Waals surface area contributed by atoms with Crippen LogP contribution in [0.4, 0.5) is 0 Å². The molecule has 0 saturated heterocycles. The van der Waals surface area contributed by atoms with Gasteiger partial charge in [-0.25, -0.2) is 4.79 Å². The van der Waals surface area contributed by atoms with E-state index in [-0.39, 0.29) is 25.2 Å². The average Bonchev–Trinajstić information content (AvgIpc) is 2.42. The van der Waals surface area contributed by atoms with Gasteiger partial charge in [-0.1, -0.05) is 24.3 Å². The number of rotatable bonds is 8. The second-order valence-electron chi connectivity index (χ2n) is 4.89. The molecule has 0 bridgehead atoms. The van der Waals surface area contributed by atoms with Gasteiger partial charge >= 0.3 is 5.97 Å².